The van der Waals surface area contributed by atoms with Crippen LogP contribution in [0.1, 0.15) is 31.4 Å². The fourth-order valence-electron chi connectivity index (χ4n) is 6.42. The normalized spacial score (nSPS) is 30.3. The molecule has 3 aliphatic heterocycles. The van der Waals surface area contributed by atoms with E-state index in [9.17, 15) is 19.5 Å². The number of esters is 1. The number of carbonyl (C=O) groups excluding carboxylic acids is 3. The molecule has 3 unspecified atom stereocenters. The van der Waals surface area contributed by atoms with Crippen LogP contribution in [-0.2, 0) is 23.9 Å². The van der Waals surface area contributed by atoms with Gasteiger partial charge in [0.25, 0.3) is 5.91 Å². The lowest BCUT2D eigenvalue weighted by Gasteiger charge is -2.40. The van der Waals surface area contributed by atoms with E-state index in [1.807, 2.05) is 45.9 Å². The molecule has 8 nitrogen and oxygen atoms in total. The number of benzene rings is 1. The minimum atomic E-state index is -1.25. The summed E-state index contributed by atoms with van der Waals surface area (Å²) < 4.78 is 11.9. The van der Waals surface area contributed by atoms with Crippen molar-refractivity contribution in [3.8, 4) is 0 Å². The zero-order valence-electron chi connectivity index (χ0n) is 22.4. The average Bonchev–Trinajstić information content (AvgIpc) is 3.46. The van der Waals surface area contributed by atoms with Gasteiger partial charge < -0.3 is 24.4 Å². The maximum Gasteiger partial charge on any atom is 0.312 e. The standard InChI is InChI=1S/C29H37BrN2O6/c1-7-11-31(20-13-17(5)9-10-18(20)6)27(35)25-29-14-19(30)24(38-29)22(28(36)37-12-8-2)23(29)26(34)32(25)21(15-33)16(3)4/h7-10,13,16,19,21-25,33H,1-2,11-12,14-15H2,3-6H3/t19?,21-,22-,23-,24-,25?,29?/m0/s1. The number of aryl methyl sites for hydroxylation is 2. The molecule has 2 amide bonds. The Morgan fingerprint density at radius 1 is 1.32 bits per heavy atom. The van der Waals surface area contributed by atoms with Gasteiger partial charge in [0, 0.05) is 17.1 Å². The number of aliphatic hydroxyl groups is 1. The van der Waals surface area contributed by atoms with Gasteiger partial charge in [0.05, 0.1) is 30.6 Å². The van der Waals surface area contributed by atoms with Gasteiger partial charge in [-0.1, -0.05) is 60.6 Å². The van der Waals surface area contributed by atoms with Gasteiger partial charge >= 0.3 is 5.97 Å². The number of rotatable bonds is 10. The molecule has 3 fully saturated rings. The Bertz CT molecular complexity index is 1140. The molecule has 3 heterocycles. The highest BCUT2D eigenvalue weighted by Crippen LogP contribution is 2.61. The SMILES string of the molecule is C=CCOC(=O)[C@H]1[C@H]2C(=O)N([C@@H](CO)C(C)C)C(C(=O)N(CC=C)c3cc(C)ccc3C)C23CC(Br)[C@@H]1O3. The van der Waals surface area contributed by atoms with Gasteiger partial charge in [-0.25, -0.2) is 0 Å². The summed E-state index contributed by atoms with van der Waals surface area (Å²) in [7, 11) is 0. The number of aliphatic hydroxyl groups excluding tert-OH is 1. The van der Waals surface area contributed by atoms with Gasteiger partial charge in [0.1, 0.15) is 18.2 Å². The second-order valence-corrected chi connectivity index (χ2v) is 12.0. The summed E-state index contributed by atoms with van der Waals surface area (Å²) >= 11 is 3.66. The zero-order valence-corrected chi connectivity index (χ0v) is 24.0. The minimum absolute atomic E-state index is 0.0139. The number of amides is 2. The number of carbonyl (C=O) groups is 3. The van der Waals surface area contributed by atoms with Gasteiger partial charge in [0.2, 0.25) is 5.91 Å². The smallest absolute Gasteiger partial charge is 0.312 e. The van der Waals surface area contributed by atoms with Crippen LogP contribution in [0.2, 0.25) is 0 Å². The monoisotopic (exact) mass is 588 g/mol. The molecular weight excluding hydrogens is 552 g/mol. The summed E-state index contributed by atoms with van der Waals surface area (Å²) in [5, 5.41) is 10.4. The molecule has 2 bridgehead atoms. The average molecular weight is 590 g/mol. The van der Waals surface area contributed by atoms with Crippen LogP contribution in [-0.4, -0.2) is 76.2 Å². The molecule has 0 radical (unpaired) electrons. The zero-order chi connectivity index (χ0) is 27.9. The first kappa shape index (κ1) is 28.5. The molecule has 0 aromatic heterocycles. The Balaban J connectivity index is 1.87. The lowest BCUT2D eigenvalue weighted by Crippen LogP contribution is -2.60. The number of hydrogen-bond acceptors (Lipinski definition) is 6. The number of hydrogen-bond donors (Lipinski definition) is 1. The topological polar surface area (TPSA) is 96.4 Å². The maximum atomic E-state index is 14.7. The number of fused-ring (bicyclic) bond motifs is 1. The first-order valence-corrected chi connectivity index (χ1v) is 14.0. The van der Waals surface area contributed by atoms with E-state index in [0.29, 0.717) is 6.42 Å². The Morgan fingerprint density at radius 2 is 2.03 bits per heavy atom. The van der Waals surface area contributed by atoms with E-state index in [1.54, 1.807) is 11.0 Å². The molecule has 3 saturated heterocycles. The number of nitrogens with zero attached hydrogens (tertiary/aromatic N) is 2. The molecule has 9 heteroatoms. The van der Waals surface area contributed by atoms with Crippen LogP contribution < -0.4 is 4.90 Å². The summed E-state index contributed by atoms with van der Waals surface area (Å²) in [6, 6.07) is 4.19. The highest BCUT2D eigenvalue weighted by atomic mass is 79.9. The van der Waals surface area contributed by atoms with E-state index in [4.69, 9.17) is 9.47 Å². The third-order valence-electron chi connectivity index (χ3n) is 8.12. The number of ether oxygens (including phenoxy) is 2. The number of alkyl halides is 1. The summed E-state index contributed by atoms with van der Waals surface area (Å²) in [5.41, 5.74) is 1.36. The van der Waals surface area contributed by atoms with Crippen molar-refractivity contribution in [3.63, 3.8) is 0 Å². The summed E-state index contributed by atoms with van der Waals surface area (Å²) in [6.45, 7) is 15.1. The Morgan fingerprint density at radius 3 is 2.63 bits per heavy atom. The molecule has 1 N–H and O–H groups in total. The first-order valence-electron chi connectivity index (χ1n) is 13.1. The Hall–Kier alpha value is -2.49. The van der Waals surface area contributed by atoms with Crippen LogP contribution >= 0.6 is 15.9 Å². The molecule has 0 saturated carbocycles. The largest absolute Gasteiger partial charge is 0.461 e. The van der Waals surface area contributed by atoms with E-state index in [1.165, 1.54) is 11.0 Å². The van der Waals surface area contributed by atoms with Crippen LogP contribution in [0.25, 0.3) is 0 Å². The fraction of sp³-hybridized carbons (Fsp3) is 0.552. The Kier molecular flexibility index (Phi) is 8.21. The van der Waals surface area contributed by atoms with Crippen molar-refractivity contribution >= 4 is 39.4 Å². The van der Waals surface area contributed by atoms with Crippen molar-refractivity contribution in [1.29, 1.82) is 0 Å². The summed E-state index contributed by atoms with van der Waals surface area (Å²) in [6.07, 6.45) is 2.88. The quantitative estimate of drug-likeness (QED) is 0.256. The van der Waals surface area contributed by atoms with Gasteiger partial charge in [0.15, 0.2) is 0 Å². The molecule has 7 atom stereocenters. The number of likely N-dealkylation sites (tertiary alicyclic amines) is 1. The van der Waals surface area contributed by atoms with Crippen molar-refractivity contribution in [2.75, 3.05) is 24.7 Å². The highest BCUT2D eigenvalue weighted by molar-refractivity contribution is 9.09. The number of anilines is 1. The highest BCUT2D eigenvalue weighted by Gasteiger charge is 2.77. The molecule has 1 aromatic carbocycles. The van der Waals surface area contributed by atoms with Gasteiger partial charge in [-0.15, -0.1) is 6.58 Å². The second kappa shape index (κ2) is 10.9. The molecule has 3 aliphatic rings. The van der Waals surface area contributed by atoms with Crippen molar-refractivity contribution in [2.24, 2.45) is 17.8 Å². The van der Waals surface area contributed by atoms with Gasteiger partial charge in [-0.05, 0) is 43.4 Å². The van der Waals surface area contributed by atoms with Crippen LogP contribution in [0.4, 0.5) is 5.69 Å². The molecule has 206 valence electrons. The lowest BCUT2D eigenvalue weighted by molar-refractivity contribution is -0.155. The van der Waals surface area contributed by atoms with E-state index < -0.39 is 41.6 Å². The second-order valence-electron chi connectivity index (χ2n) is 10.8. The summed E-state index contributed by atoms with van der Waals surface area (Å²) in [4.78, 5) is 45.0. The van der Waals surface area contributed by atoms with Crippen molar-refractivity contribution in [2.45, 2.75) is 62.7 Å². The Labute approximate surface area is 232 Å². The van der Waals surface area contributed by atoms with E-state index in [-0.39, 0.29) is 42.3 Å². The third kappa shape index (κ3) is 4.42. The molecule has 1 spiro atoms. The molecule has 4 rings (SSSR count). The van der Waals surface area contributed by atoms with Crippen molar-refractivity contribution in [3.05, 3.63) is 54.6 Å². The van der Waals surface area contributed by atoms with Gasteiger partial charge in [-0.2, -0.15) is 0 Å². The first-order chi connectivity index (χ1) is 18.0. The minimum Gasteiger partial charge on any atom is -0.461 e. The fourth-order valence-corrected chi connectivity index (χ4v) is 7.37. The predicted molar refractivity (Wildman–Crippen MR) is 148 cm³/mol. The van der Waals surface area contributed by atoms with Gasteiger partial charge in [-0.3, -0.25) is 14.4 Å². The molecule has 0 aliphatic carbocycles. The van der Waals surface area contributed by atoms with Crippen LogP contribution in [0, 0.1) is 31.6 Å². The van der Waals surface area contributed by atoms with E-state index in [0.717, 1.165) is 16.8 Å². The summed E-state index contributed by atoms with van der Waals surface area (Å²) in [5.74, 6) is -3.15. The van der Waals surface area contributed by atoms with Crippen LogP contribution in [0.15, 0.2) is 43.5 Å². The predicted octanol–water partition coefficient (Wildman–Crippen LogP) is 3.32. The molecule has 1 aromatic rings. The van der Waals surface area contributed by atoms with Crippen LogP contribution in [0.3, 0.4) is 0 Å². The molecular formula is C29H37BrN2O6. The maximum absolute atomic E-state index is 14.7. The van der Waals surface area contributed by atoms with Crippen molar-refractivity contribution in [1.82, 2.24) is 4.90 Å². The van der Waals surface area contributed by atoms with E-state index >= 15 is 0 Å². The van der Waals surface area contributed by atoms with Crippen LogP contribution in [0.5, 0.6) is 0 Å². The molecule has 38 heavy (non-hydrogen) atoms. The third-order valence-corrected chi connectivity index (χ3v) is 8.97. The number of halogens is 1. The van der Waals surface area contributed by atoms with E-state index in [2.05, 4.69) is 29.1 Å². The lowest BCUT2D eigenvalue weighted by atomic mass is 9.70. The van der Waals surface area contributed by atoms with Crippen molar-refractivity contribution < 1.29 is 29.0 Å².